The van der Waals surface area contributed by atoms with Crippen LogP contribution in [0.5, 0.6) is 0 Å². The molecule has 7 nitrogen and oxygen atoms in total. The van der Waals surface area contributed by atoms with Crippen LogP contribution in [0.15, 0.2) is 12.1 Å². The Morgan fingerprint density at radius 2 is 1.60 bits per heavy atom. The smallest absolute Gasteiger partial charge is 0.327 e. The molecular weight excluding hydrogens is 282 g/mol. The van der Waals surface area contributed by atoms with Crippen molar-refractivity contribution in [2.75, 3.05) is 0 Å². The Hall–Kier alpha value is -2.22. The number of rotatable bonds is 3. The second kappa shape index (κ2) is 6.80. The molecular formula is C12H15N3O4S. The second-order valence-corrected chi connectivity index (χ2v) is 5.34. The molecule has 0 aliphatic rings. The van der Waals surface area contributed by atoms with E-state index >= 15 is 0 Å². The molecule has 0 atom stereocenters. The first kappa shape index (κ1) is 15.8. The van der Waals surface area contributed by atoms with E-state index in [4.69, 9.17) is 0 Å². The normalized spacial score (nSPS) is 10.0. The van der Waals surface area contributed by atoms with Crippen molar-refractivity contribution in [3.05, 3.63) is 21.9 Å². The summed E-state index contributed by atoms with van der Waals surface area (Å²) in [4.78, 5) is 46.1. The maximum Gasteiger partial charge on any atom is 0.327 e. The number of Topliss-reactive ketones (excluding diaryl/α,β-unsaturated/α-hetero) is 1. The molecule has 0 radical (unpaired) electrons. The monoisotopic (exact) mass is 297 g/mol. The molecule has 0 aromatic carbocycles. The Balaban J connectivity index is 2.52. The lowest BCUT2D eigenvalue weighted by atomic mass is 10.3. The summed E-state index contributed by atoms with van der Waals surface area (Å²) in [6.07, 6.45) is 0. The van der Waals surface area contributed by atoms with Gasteiger partial charge in [0.25, 0.3) is 5.91 Å². The number of ketones is 1. The van der Waals surface area contributed by atoms with Gasteiger partial charge in [-0.1, -0.05) is 0 Å². The van der Waals surface area contributed by atoms with Crippen LogP contribution < -0.4 is 16.2 Å². The third kappa shape index (κ3) is 4.47. The molecule has 0 unspecified atom stereocenters. The van der Waals surface area contributed by atoms with E-state index in [1.165, 1.54) is 19.1 Å². The van der Waals surface area contributed by atoms with Crippen molar-refractivity contribution in [2.24, 2.45) is 0 Å². The van der Waals surface area contributed by atoms with Crippen molar-refractivity contribution in [3.63, 3.8) is 0 Å². The van der Waals surface area contributed by atoms with E-state index in [0.717, 1.165) is 11.3 Å². The SMILES string of the molecule is CC(=O)c1ccc(C(=O)NNC(=O)C(=O)NC(C)C)s1. The molecule has 1 aromatic rings. The molecule has 20 heavy (non-hydrogen) atoms. The fourth-order valence-electron chi connectivity index (χ4n) is 1.21. The molecule has 8 heteroatoms. The van der Waals surface area contributed by atoms with E-state index in [9.17, 15) is 19.2 Å². The van der Waals surface area contributed by atoms with Gasteiger partial charge in [0.1, 0.15) is 0 Å². The second-order valence-electron chi connectivity index (χ2n) is 4.26. The van der Waals surface area contributed by atoms with Gasteiger partial charge in [-0.2, -0.15) is 0 Å². The third-order valence-corrected chi connectivity index (χ3v) is 3.28. The van der Waals surface area contributed by atoms with E-state index in [2.05, 4.69) is 10.7 Å². The topological polar surface area (TPSA) is 104 Å². The molecule has 0 aliphatic carbocycles. The molecule has 0 spiro atoms. The van der Waals surface area contributed by atoms with Crippen LogP contribution in [0.1, 0.15) is 40.1 Å². The Kier molecular flexibility index (Phi) is 5.39. The molecule has 1 rings (SSSR count). The van der Waals surface area contributed by atoms with Crippen LogP contribution in [-0.2, 0) is 9.59 Å². The summed E-state index contributed by atoms with van der Waals surface area (Å²) in [5.74, 6) is -2.53. The lowest BCUT2D eigenvalue weighted by Gasteiger charge is -2.08. The van der Waals surface area contributed by atoms with Gasteiger partial charge >= 0.3 is 11.8 Å². The number of thiophene rings is 1. The van der Waals surface area contributed by atoms with E-state index in [0.29, 0.717) is 4.88 Å². The summed E-state index contributed by atoms with van der Waals surface area (Å²) < 4.78 is 0. The molecule has 108 valence electrons. The average Bonchev–Trinajstić information content (AvgIpc) is 2.84. The van der Waals surface area contributed by atoms with Gasteiger partial charge in [-0.05, 0) is 32.9 Å². The molecule has 3 amide bonds. The van der Waals surface area contributed by atoms with Crippen LogP contribution in [0.25, 0.3) is 0 Å². The van der Waals surface area contributed by atoms with Gasteiger partial charge in [0.05, 0.1) is 9.75 Å². The van der Waals surface area contributed by atoms with Crippen molar-refractivity contribution in [1.29, 1.82) is 0 Å². The standard InChI is InChI=1S/C12H15N3O4S/c1-6(2)13-11(18)12(19)15-14-10(17)9-5-4-8(20-9)7(3)16/h4-6H,1-3H3,(H,13,18)(H,14,17)(H,15,19). The van der Waals surface area contributed by atoms with Gasteiger partial charge in [0.15, 0.2) is 5.78 Å². The predicted molar refractivity (Wildman–Crippen MR) is 73.2 cm³/mol. The lowest BCUT2D eigenvalue weighted by Crippen LogP contribution is -2.49. The van der Waals surface area contributed by atoms with Crippen LogP contribution in [0, 0.1) is 0 Å². The molecule has 0 saturated heterocycles. The molecule has 0 bridgehead atoms. The first-order valence-corrected chi connectivity index (χ1v) is 6.65. The summed E-state index contributed by atoms with van der Waals surface area (Å²) in [5, 5.41) is 2.38. The number of hydrogen-bond donors (Lipinski definition) is 3. The quantitative estimate of drug-likeness (QED) is 0.422. The van der Waals surface area contributed by atoms with Crippen molar-refractivity contribution >= 4 is 34.8 Å². The molecule has 1 aromatic heterocycles. The van der Waals surface area contributed by atoms with E-state index in [1.54, 1.807) is 13.8 Å². The minimum absolute atomic E-state index is 0.144. The third-order valence-electron chi connectivity index (χ3n) is 2.09. The van der Waals surface area contributed by atoms with Gasteiger partial charge in [-0.3, -0.25) is 30.0 Å². The molecule has 1 heterocycles. The summed E-state index contributed by atoms with van der Waals surface area (Å²) >= 11 is 1.01. The Labute approximate surface area is 119 Å². The minimum atomic E-state index is -0.963. The van der Waals surface area contributed by atoms with Crippen molar-refractivity contribution < 1.29 is 19.2 Å². The van der Waals surface area contributed by atoms with E-state index in [1.807, 2.05) is 5.43 Å². The highest BCUT2D eigenvalue weighted by molar-refractivity contribution is 7.15. The summed E-state index contributed by atoms with van der Waals surface area (Å²) in [7, 11) is 0. The fourth-order valence-corrected chi connectivity index (χ4v) is 2.01. The summed E-state index contributed by atoms with van der Waals surface area (Å²) in [6, 6.07) is 2.81. The van der Waals surface area contributed by atoms with Gasteiger partial charge < -0.3 is 5.32 Å². The number of hydrazine groups is 1. The van der Waals surface area contributed by atoms with Crippen LogP contribution >= 0.6 is 11.3 Å². The Bertz CT molecular complexity index is 551. The van der Waals surface area contributed by atoms with Crippen molar-refractivity contribution in [1.82, 2.24) is 16.2 Å². The lowest BCUT2D eigenvalue weighted by molar-refractivity contribution is -0.139. The number of amides is 3. The summed E-state index contributed by atoms with van der Waals surface area (Å²) in [6.45, 7) is 4.81. The zero-order chi connectivity index (χ0) is 15.3. The highest BCUT2D eigenvalue weighted by atomic mass is 32.1. The first-order chi connectivity index (χ1) is 9.31. The molecule has 0 saturated carbocycles. The van der Waals surface area contributed by atoms with Gasteiger partial charge in [0, 0.05) is 6.04 Å². The van der Waals surface area contributed by atoms with E-state index < -0.39 is 17.7 Å². The average molecular weight is 297 g/mol. The molecule has 0 aliphatic heterocycles. The van der Waals surface area contributed by atoms with Gasteiger partial charge in [-0.15, -0.1) is 11.3 Å². The number of carbonyl (C=O) groups excluding carboxylic acids is 4. The van der Waals surface area contributed by atoms with Crippen molar-refractivity contribution in [2.45, 2.75) is 26.8 Å². The van der Waals surface area contributed by atoms with Crippen LogP contribution in [-0.4, -0.2) is 29.5 Å². The highest BCUT2D eigenvalue weighted by Crippen LogP contribution is 2.16. The van der Waals surface area contributed by atoms with Crippen LogP contribution in [0.2, 0.25) is 0 Å². The number of hydrogen-bond acceptors (Lipinski definition) is 5. The highest BCUT2D eigenvalue weighted by Gasteiger charge is 2.16. The van der Waals surface area contributed by atoms with Crippen LogP contribution in [0.3, 0.4) is 0 Å². The predicted octanol–water partition coefficient (Wildman–Crippen LogP) is 0.236. The Morgan fingerprint density at radius 1 is 1.00 bits per heavy atom. The first-order valence-electron chi connectivity index (χ1n) is 5.83. The maximum absolute atomic E-state index is 11.7. The zero-order valence-electron chi connectivity index (χ0n) is 11.3. The van der Waals surface area contributed by atoms with Gasteiger partial charge in [0.2, 0.25) is 0 Å². The number of carbonyl (C=O) groups is 4. The van der Waals surface area contributed by atoms with Crippen LogP contribution in [0.4, 0.5) is 0 Å². The fraction of sp³-hybridized carbons (Fsp3) is 0.333. The molecule has 3 N–H and O–H groups in total. The number of nitrogens with one attached hydrogen (secondary N) is 3. The largest absolute Gasteiger partial charge is 0.346 e. The Morgan fingerprint density at radius 3 is 2.10 bits per heavy atom. The molecule has 0 fully saturated rings. The zero-order valence-corrected chi connectivity index (χ0v) is 12.1. The maximum atomic E-state index is 11.7. The van der Waals surface area contributed by atoms with Crippen molar-refractivity contribution in [3.8, 4) is 0 Å². The minimum Gasteiger partial charge on any atom is -0.346 e. The van der Waals surface area contributed by atoms with Gasteiger partial charge in [-0.25, -0.2) is 0 Å². The summed E-state index contributed by atoms with van der Waals surface area (Å²) in [5.41, 5.74) is 4.10. The van der Waals surface area contributed by atoms with E-state index in [-0.39, 0.29) is 16.7 Å².